The van der Waals surface area contributed by atoms with Gasteiger partial charge < -0.3 is 15.8 Å². The van der Waals surface area contributed by atoms with Gasteiger partial charge in [-0.25, -0.2) is 4.79 Å². The number of carbonyl (C=O) groups is 1. The van der Waals surface area contributed by atoms with Crippen LogP contribution in [0.5, 0.6) is 0 Å². The molecule has 0 unspecified atom stereocenters. The third-order valence-electron chi connectivity index (χ3n) is 3.27. The van der Waals surface area contributed by atoms with Crippen molar-refractivity contribution in [2.24, 2.45) is 11.1 Å². The Morgan fingerprint density at radius 1 is 1.37 bits per heavy atom. The zero-order chi connectivity index (χ0) is 14.4. The molecule has 0 aromatic rings. The number of piperidine rings is 1. The number of ether oxygens (including phenoxy) is 1. The molecule has 1 heterocycles. The highest BCUT2D eigenvalue weighted by molar-refractivity contribution is 5.66. The molecular weight excluding hydrogens is 246 g/mol. The summed E-state index contributed by atoms with van der Waals surface area (Å²) < 4.78 is 5.11. The number of hydroxylamine groups is 1. The fourth-order valence-electron chi connectivity index (χ4n) is 2.28. The minimum atomic E-state index is -0.552. The standard InChI is InChI=1S/C13H27N3O3/c1-12(2,3)19-11(17)16-18-10-13(4-7-14)5-8-15-9-6-13/h15H,4-10,14H2,1-3H3,(H,16,17). The lowest BCUT2D eigenvalue weighted by atomic mass is 9.77. The van der Waals surface area contributed by atoms with Gasteiger partial charge in [-0.3, -0.25) is 4.84 Å². The van der Waals surface area contributed by atoms with Gasteiger partial charge in [0.25, 0.3) is 0 Å². The second-order valence-corrected chi connectivity index (χ2v) is 6.18. The van der Waals surface area contributed by atoms with Crippen molar-refractivity contribution < 1.29 is 14.4 Å². The SMILES string of the molecule is CC(C)(C)OC(=O)NOCC1(CCN)CCNCC1. The summed E-state index contributed by atoms with van der Waals surface area (Å²) in [6, 6.07) is 0. The van der Waals surface area contributed by atoms with Crippen LogP contribution >= 0.6 is 0 Å². The Kier molecular flexibility index (Phi) is 6.03. The first kappa shape index (κ1) is 16.2. The Labute approximate surface area is 115 Å². The van der Waals surface area contributed by atoms with E-state index >= 15 is 0 Å². The number of rotatable bonds is 5. The molecule has 1 aliphatic rings. The summed E-state index contributed by atoms with van der Waals surface area (Å²) in [5.41, 5.74) is 7.57. The molecule has 0 aliphatic carbocycles. The molecule has 1 rings (SSSR count). The second-order valence-electron chi connectivity index (χ2n) is 6.18. The van der Waals surface area contributed by atoms with E-state index in [0.717, 1.165) is 32.4 Å². The van der Waals surface area contributed by atoms with Crippen molar-refractivity contribution >= 4 is 6.09 Å². The van der Waals surface area contributed by atoms with Crippen LogP contribution in [-0.4, -0.2) is 37.9 Å². The molecule has 6 heteroatoms. The van der Waals surface area contributed by atoms with Crippen molar-refractivity contribution in [3.63, 3.8) is 0 Å². The predicted molar refractivity (Wildman–Crippen MR) is 73.5 cm³/mol. The summed E-state index contributed by atoms with van der Waals surface area (Å²) in [6.07, 6.45) is 2.38. The lowest BCUT2D eigenvalue weighted by Gasteiger charge is -2.36. The van der Waals surface area contributed by atoms with Crippen LogP contribution in [0.15, 0.2) is 0 Å². The van der Waals surface area contributed by atoms with Crippen LogP contribution < -0.4 is 16.5 Å². The van der Waals surface area contributed by atoms with Gasteiger partial charge in [-0.2, -0.15) is 5.48 Å². The van der Waals surface area contributed by atoms with E-state index in [-0.39, 0.29) is 5.41 Å². The summed E-state index contributed by atoms with van der Waals surface area (Å²) in [6.45, 7) is 8.49. The number of nitrogens with two attached hydrogens (primary N) is 1. The average Bonchev–Trinajstić information content (AvgIpc) is 2.28. The maximum atomic E-state index is 11.5. The molecule has 1 saturated heterocycles. The van der Waals surface area contributed by atoms with E-state index in [2.05, 4.69) is 10.8 Å². The van der Waals surface area contributed by atoms with Gasteiger partial charge in [-0.1, -0.05) is 0 Å². The molecule has 0 spiro atoms. The Hall–Kier alpha value is -0.850. The van der Waals surface area contributed by atoms with Crippen LogP contribution in [0.25, 0.3) is 0 Å². The van der Waals surface area contributed by atoms with Crippen molar-refractivity contribution in [1.82, 2.24) is 10.8 Å². The summed E-state index contributed by atoms with van der Waals surface area (Å²) in [5, 5.41) is 3.32. The minimum absolute atomic E-state index is 0.0645. The zero-order valence-corrected chi connectivity index (χ0v) is 12.3. The first-order valence-electron chi connectivity index (χ1n) is 6.88. The average molecular weight is 273 g/mol. The van der Waals surface area contributed by atoms with Crippen LogP contribution in [0.1, 0.15) is 40.0 Å². The van der Waals surface area contributed by atoms with Crippen molar-refractivity contribution in [1.29, 1.82) is 0 Å². The van der Waals surface area contributed by atoms with Crippen molar-refractivity contribution in [3.05, 3.63) is 0 Å². The molecule has 0 bridgehead atoms. The Morgan fingerprint density at radius 3 is 2.53 bits per heavy atom. The molecule has 1 amide bonds. The number of hydrogen-bond donors (Lipinski definition) is 3. The highest BCUT2D eigenvalue weighted by Crippen LogP contribution is 2.32. The normalized spacial score (nSPS) is 18.9. The monoisotopic (exact) mass is 273 g/mol. The summed E-state index contributed by atoms with van der Waals surface area (Å²) in [5.74, 6) is 0. The largest absolute Gasteiger partial charge is 0.442 e. The predicted octanol–water partition coefficient (Wildman–Crippen LogP) is 1.16. The van der Waals surface area contributed by atoms with Gasteiger partial charge in [0, 0.05) is 0 Å². The van der Waals surface area contributed by atoms with Crippen LogP contribution in [0, 0.1) is 5.41 Å². The first-order chi connectivity index (χ1) is 8.87. The fraction of sp³-hybridized carbons (Fsp3) is 0.923. The maximum Gasteiger partial charge on any atom is 0.431 e. The third kappa shape index (κ3) is 6.22. The van der Waals surface area contributed by atoms with Crippen LogP contribution in [0.4, 0.5) is 4.79 Å². The Morgan fingerprint density at radius 2 is 2.00 bits per heavy atom. The van der Waals surface area contributed by atoms with Gasteiger partial charge in [0.1, 0.15) is 5.60 Å². The van der Waals surface area contributed by atoms with Gasteiger partial charge in [0.05, 0.1) is 6.61 Å². The molecule has 0 aromatic carbocycles. The van der Waals surface area contributed by atoms with Gasteiger partial charge in [0.2, 0.25) is 0 Å². The fourth-order valence-corrected chi connectivity index (χ4v) is 2.28. The molecule has 112 valence electrons. The van der Waals surface area contributed by atoms with Gasteiger partial charge in [-0.05, 0) is 65.1 Å². The minimum Gasteiger partial charge on any atom is -0.442 e. The summed E-state index contributed by atoms with van der Waals surface area (Å²) in [4.78, 5) is 16.8. The second kappa shape index (κ2) is 7.07. The van der Waals surface area contributed by atoms with E-state index in [1.807, 2.05) is 20.8 Å². The number of hydrogen-bond acceptors (Lipinski definition) is 5. The number of nitrogens with one attached hydrogen (secondary N) is 2. The van der Waals surface area contributed by atoms with Crippen LogP contribution in [0.2, 0.25) is 0 Å². The van der Waals surface area contributed by atoms with Crippen molar-refractivity contribution in [3.8, 4) is 0 Å². The van der Waals surface area contributed by atoms with E-state index in [9.17, 15) is 4.79 Å². The molecule has 0 saturated carbocycles. The van der Waals surface area contributed by atoms with Crippen molar-refractivity contribution in [2.45, 2.75) is 45.6 Å². The van der Waals surface area contributed by atoms with Crippen molar-refractivity contribution in [2.75, 3.05) is 26.2 Å². The van der Waals surface area contributed by atoms with E-state index in [0.29, 0.717) is 13.2 Å². The van der Waals surface area contributed by atoms with E-state index in [4.69, 9.17) is 15.3 Å². The summed E-state index contributed by atoms with van der Waals surface area (Å²) in [7, 11) is 0. The first-order valence-corrected chi connectivity index (χ1v) is 6.88. The zero-order valence-electron chi connectivity index (χ0n) is 12.3. The quantitative estimate of drug-likeness (QED) is 0.655. The highest BCUT2D eigenvalue weighted by atomic mass is 16.7. The third-order valence-corrected chi connectivity index (χ3v) is 3.27. The molecule has 0 radical (unpaired) electrons. The summed E-state index contributed by atoms with van der Waals surface area (Å²) >= 11 is 0. The topological polar surface area (TPSA) is 85.6 Å². The molecule has 4 N–H and O–H groups in total. The Bertz CT molecular complexity index is 278. The molecule has 0 atom stereocenters. The molecule has 1 fully saturated rings. The molecule has 19 heavy (non-hydrogen) atoms. The van der Waals surface area contributed by atoms with Gasteiger partial charge in [0.15, 0.2) is 0 Å². The molecule has 6 nitrogen and oxygen atoms in total. The van der Waals surface area contributed by atoms with E-state index in [1.165, 1.54) is 0 Å². The van der Waals surface area contributed by atoms with E-state index < -0.39 is 11.7 Å². The molecule has 1 aliphatic heterocycles. The Balaban J connectivity index is 2.34. The smallest absolute Gasteiger partial charge is 0.431 e. The number of amides is 1. The van der Waals surface area contributed by atoms with E-state index in [1.54, 1.807) is 0 Å². The molecular formula is C13H27N3O3. The van der Waals surface area contributed by atoms with Crippen LogP contribution in [0.3, 0.4) is 0 Å². The maximum absolute atomic E-state index is 11.5. The lowest BCUT2D eigenvalue weighted by Crippen LogP contribution is -2.43. The lowest BCUT2D eigenvalue weighted by molar-refractivity contribution is -0.0471. The van der Waals surface area contributed by atoms with Gasteiger partial charge in [-0.15, -0.1) is 0 Å². The van der Waals surface area contributed by atoms with Gasteiger partial charge >= 0.3 is 6.09 Å². The molecule has 0 aromatic heterocycles. The number of carbonyl (C=O) groups excluding carboxylic acids is 1. The van der Waals surface area contributed by atoms with Crippen LogP contribution in [-0.2, 0) is 9.57 Å². The highest BCUT2D eigenvalue weighted by Gasteiger charge is 2.32.